The van der Waals surface area contributed by atoms with Crippen molar-refractivity contribution in [3.63, 3.8) is 0 Å². The van der Waals surface area contributed by atoms with E-state index in [1.54, 1.807) is 24.3 Å². The van der Waals surface area contributed by atoms with Crippen LogP contribution in [-0.2, 0) is 11.3 Å². The lowest BCUT2D eigenvalue weighted by molar-refractivity contribution is 0.0464. The number of ether oxygens (including phenoxy) is 3. The van der Waals surface area contributed by atoms with Crippen molar-refractivity contribution in [2.24, 2.45) is 0 Å². The summed E-state index contributed by atoms with van der Waals surface area (Å²) in [4.78, 5) is 12.3. The Morgan fingerprint density at radius 1 is 1.14 bits per heavy atom. The molecule has 0 aliphatic heterocycles. The highest BCUT2D eigenvalue weighted by atomic mass is 79.9. The average Bonchev–Trinajstić information content (AvgIpc) is 2.52. The van der Waals surface area contributed by atoms with E-state index in [-0.39, 0.29) is 18.0 Å². The molecular formula is C16H14BrFO4. The Morgan fingerprint density at radius 2 is 1.77 bits per heavy atom. The van der Waals surface area contributed by atoms with Crippen LogP contribution in [0.4, 0.5) is 4.39 Å². The maximum absolute atomic E-state index is 13.0. The van der Waals surface area contributed by atoms with Crippen LogP contribution in [0, 0.1) is 5.82 Å². The molecule has 4 nitrogen and oxygen atoms in total. The molecule has 2 aromatic rings. The molecule has 2 aromatic carbocycles. The molecule has 0 atom stereocenters. The summed E-state index contributed by atoms with van der Waals surface area (Å²) in [6, 6.07) is 9.17. The first-order valence-electron chi connectivity index (χ1n) is 6.39. The lowest BCUT2D eigenvalue weighted by Gasteiger charge is -2.12. The fraction of sp³-hybridized carbons (Fsp3) is 0.188. The zero-order valence-electron chi connectivity index (χ0n) is 12.1. The molecule has 0 aliphatic rings. The molecule has 0 fully saturated rings. The summed E-state index contributed by atoms with van der Waals surface area (Å²) in [6.45, 7) is 0.000892. The van der Waals surface area contributed by atoms with E-state index in [9.17, 15) is 9.18 Å². The second kappa shape index (κ2) is 7.26. The molecule has 6 heteroatoms. The maximum atomic E-state index is 13.0. The maximum Gasteiger partial charge on any atom is 0.346 e. The van der Waals surface area contributed by atoms with Crippen LogP contribution in [0.25, 0.3) is 0 Å². The van der Waals surface area contributed by atoms with Gasteiger partial charge in [-0.1, -0.05) is 28.1 Å². The van der Waals surface area contributed by atoms with E-state index >= 15 is 0 Å². The molecule has 0 heterocycles. The van der Waals surface area contributed by atoms with E-state index < -0.39 is 5.97 Å². The molecule has 116 valence electrons. The van der Waals surface area contributed by atoms with Gasteiger partial charge in [-0.15, -0.1) is 0 Å². The number of halogens is 2. The van der Waals surface area contributed by atoms with Crippen molar-refractivity contribution in [2.75, 3.05) is 14.2 Å². The standard InChI is InChI=1S/C16H14BrFO4/c1-20-13-4-3-5-14(21-2)15(13)16(19)22-9-10-6-7-11(18)8-12(10)17/h3-8H,9H2,1-2H3. The number of hydrogen-bond donors (Lipinski definition) is 0. The molecule has 0 bridgehead atoms. The third-order valence-corrected chi connectivity index (χ3v) is 3.74. The highest BCUT2D eigenvalue weighted by Gasteiger charge is 2.20. The van der Waals surface area contributed by atoms with Crippen molar-refractivity contribution in [3.05, 3.63) is 57.8 Å². The molecule has 0 spiro atoms. The zero-order chi connectivity index (χ0) is 16.1. The number of benzene rings is 2. The van der Waals surface area contributed by atoms with Gasteiger partial charge in [-0.2, -0.15) is 0 Å². The van der Waals surface area contributed by atoms with Crippen LogP contribution in [0.1, 0.15) is 15.9 Å². The second-order valence-corrected chi connectivity index (χ2v) is 5.20. The first-order valence-corrected chi connectivity index (χ1v) is 7.18. The summed E-state index contributed by atoms with van der Waals surface area (Å²) < 4.78 is 29.2. The average molecular weight is 369 g/mol. The minimum atomic E-state index is -0.578. The van der Waals surface area contributed by atoms with Crippen LogP contribution in [0.3, 0.4) is 0 Å². The fourth-order valence-electron chi connectivity index (χ4n) is 1.91. The highest BCUT2D eigenvalue weighted by Crippen LogP contribution is 2.29. The first kappa shape index (κ1) is 16.3. The largest absolute Gasteiger partial charge is 0.496 e. The second-order valence-electron chi connectivity index (χ2n) is 4.35. The number of rotatable bonds is 5. The Labute approximate surface area is 135 Å². The van der Waals surface area contributed by atoms with E-state index in [0.717, 1.165) is 0 Å². The third-order valence-electron chi connectivity index (χ3n) is 3.01. The number of carbonyl (C=O) groups is 1. The van der Waals surface area contributed by atoms with Gasteiger partial charge in [-0.05, 0) is 24.3 Å². The number of esters is 1. The van der Waals surface area contributed by atoms with Gasteiger partial charge in [0.1, 0.15) is 29.5 Å². The molecule has 0 aliphatic carbocycles. The Bertz CT molecular complexity index is 666. The Hall–Kier alpha value is -2.08. The van der Waals surface area contributed by atoms with E-state index in [0.29, 0.717) is 21.5 Å². The minimum Gasteiger partial charge on any atom is -0.496 e. The topological polar surface area (TPSA) is 44.8 Å². The van der Waals surface area contributed by atoms with Gasteiger partial charge in [-0.3, -0.25) is 0 Å². The van der Waals surface area contributed by atoms with Crippen LogP contribution in [0.15, 0.2) is 40.9 Å². The van der Waals surface area contributed by atoms with Crippen LogP contribution in [0.2, 0.25) is 0 Å². The van der Waals surface area contributed by atoms with E-state index in [4.69, 9.17) is 14.2 Å². The van der Waals surface area contributed by atoms with Gasteiger partial charge >= 0.3 is 5.97 Å². The monoisotopic (exact) mass is 368 g/mol. The molecule has 0 amide bonds. The van der Waals surface area contributed by atoms with Gasteiger partial charge < -0.3 is 14.2 Å². The van der Waals surface area contributed by atoms with E-state index in [2.05, 4.69) is 15.9 Å². The minimum absolute atomic E-state index is 0.000892. The van der Waals surface area contributed by atoms with E-state index in [1.165, 1.54) is 26.4 Å². The highest BCUT2D eigenvalue weighted by molar-refractivity contribution is 9.10. The number of carbonyl (C=O) groups excluding carboxylic acids is 1. The predicted molar refractivity (Wildman–Crippen MR) is 82.8 cm³/mol. The number of hydrogen-bond acceptors (Lipinski definition) is 4. The van der Waals surface area contributed by atoms with Crippen LogP contribution >= 0.6 is 15.9 Å². The quantitative estimate of drug-likeness (QED) is 0.749. The van der Waals surface area contributed by atoms with E-state index in [1.807, 2.05) is 0 Å². The van der Waals surface area contributed by atoms with Crippen molar-refractivity contribution < 1.29 is 23.4 Å². The van der Waals surface area contributed by atoms with Crippen LogP contribution in [-0.4, -0.2) is 20.2 Å². The summed E-state index contributed by atoms with van der Waals surface area (Å²) in [5.74, 6) is -0.219. The summed E-state index contributed by atoms with van der Waals surface area (Å²) >= 11 is 3.23. The van der Waals surface area contributed by atoms with Gasteiger partial charge in [0.05, 0.1) is 14.2 Å². The SMILES string of the molecule is COc1cccc(OC)c1C(=O)OCc1ccc(F)cc1Br. The summed E-state index contributed by atoms with van der Waals surface area (Å²) in [5.41, 5.74) is 0.870. The number of methoxy groups -OCH3 is 2. The van der Waals surface area contributed by atoms with Crippen LogP contribution in [0.5, 0.6) is 11.5 Å². The third kappa shape index (κ3) is 3.57. The summed E-state index contributed by atoms with van der Waals surface area (Å²) in [5, 5.41) is 0. The fourth-order valence-corrected chi connectivity index (χ4v) is 2.37. The first-order chi connectivity index (χ1) is 10.6. The zero-order valence-corrected chi connectivity index (χ0v) is 13.6. The molecule has 0 saturated heterocycles. The van der Waals surface area contributed by atoms with Crippen LogP contribution < -0.4 is 9.47 Å². The lowest BCUT2D eigenvalue weighted by atomic mass is 10.1. The molecule has 0 radical (unpaired) electrons. The van der Waals surface area contributed by atoms with Gasteiger partial charge in [0.15, 0.2) is 0 Å². The van der Waals surface area contributed by atoms with Crippen molar-refractivity contribution in [3.8, 4) is 11.5 Å². The Kier molecular flexibility index (Phi) is 5.38. The molecule has 2 rings (SSSR count). The van der Waals surface area contributed by atoms with Gasteiger partial charge in [0.2, 0.25) is 0 Å². The molecule has 0 aromatic heterocycles. The smallest absolute Gasteiger partial charge is 0.346 e. The van der Waals surface area contributed by atoms with Crippen molar-refractivity contribution >= 4 is 21.9 Å². The Morgan fingerprint density at radius 3 is 2.32 bits per heavy atom. The molecular weight excluding hydrogens is 355 g/mol. The molecule has 0 saturated carbocycles. The molecule has 0 unspecified atom stereocenters. The molecule has 0 N–H and O–H groups in total. The predicted octanol–water partition coefficient (Wildman–Crippen LogP) is 3.96. The van der Waals surface area contributed by atoms with Gasteiger partial charge in [-0.25, -0.2) is 9.18 Å². The molecule has 22 heavy (non-hydrogen) atoms. The van der Waals surface area contributed by atoms with Gasteiger partial charge in [0, 0.05) is 10.0 Å². The summed E-state index contributed by atoms with van der Waals surface area (Å²) in [6.07, 6.45) is 0. The normalized spacial score (nSPS) is 10.2. The Balaban J connectivity index is 2.19. The van der Waals surface area contributed by atoms with Crippen molar-refractivity contribution in [1.29, 1.82) is 0 Å². The van der Waals surface area contributed by atoms with Crippen molar-refractivity contribution in [2.45, 2.75) is 6.61 Å². The summed E-state index contributed by atoms with van der Waals surface area (Å²) in [7, 11) is 2.92. The lowest BCUT2D eigenvalue weighted by Crippen LogP contribution is -2.09. The van der Waals surface area contributed by atoms with Crippen molar-refractivity contribution in [1.82, 2.24) is 0 Å². The van der Waals surface area contributed by atoms with Gasteiger partial charge in [0.25, 0.3) is 0 Å².